The van der Waals surface area contributed by atoms with Gasteiger partial charge in [0.05, 0.1) is 19.2 Å². The molecule has 0 saturated heterocycles. The van der Waals surface area contributed by atoms with Gasteiger partial charge in [-0.15, -0.1) is 13.2 Å². The minimum atomic E-state index is -4.91. The van der Waals surface area contributed by atoms with Crippen LogP contribution in [0.5, 0.6) is 17.2 Å². The van der Waals surface area contributed by atoms with Crippen LogP contribution in [0.3, 0.4) is 0 Å². The highest BCUT2D eigenvalue weighted by Crippen LogP contribution is 2.37. The zero-order chi connectivity index (χ0) is 24.7. The maximum atomic E-state index is 13.1. The van der Waals surface area contributed by atoms with E-state index in [-0.39, 0.29) is 35.5 Å². The van der Waals surface area contributed by atoms with Gasteiger partial charge in [0, 0.05) is 46.8 Å². The number of alkyl halides is 3. The molecule has 1 N–H and O–H groups in total. The third-order valence-corrected chi connectivity index (χ3v) is 5.23. The number of nitrogens with one attached hydrogen (secondary N) is 1. The lowest BCUT2D eigenvalue weighted by atomic mass is 10.0. The van der Waals surface area contributed by atoms with E-state index in [0.717, 1.165) is 18.9 Å². The summed E-state index contributed by atoms with van der Waals surface area (Å²) in [6.45, 7) is 3.40. The molecule has 0 amide bonds. The number of ether oxygens (including phenoxy) is 4. The van der Waals surface area contributed by atoms with Crippen molar-refractivity contribution in [2.24, 2.45) is 0 Å². The van der Waals surface area contributed by atoms with E-state index in [1.807, 2.05) is 0 Å². The number of aromatic nitrogens is 1. The fourth-order valence-electron chi connectivity index (χ4n) is 3.36. The van der Waals surface area contributed by atoms with Crippen LogP contribution in [0.15, 0.2) is 36.5 Å². The second-order valence-electron chi connectivity index (χ2n) is 7.47. The minimum Gasteiger partial charge on any atom is -0.493 e. The van der Waals surface area contributed by atoms with Gasteiger partial charge in [0.25, 0.3) is 0 Å². The van der Waals surface area contributed by atoms with Gasteiger partial charge >= 0.3 is 6.36 Å². The van der Waals surface area contributed by atoms with Gasteiger partial charge < -0.3 is 23.9 Å². The number of hydrogen-bond donors (Lipinski definition) is 1. The minimum absolute atomic E-state index is 0.0440. The third-order valence-electron chi connectivity index (χ3n) is 5.00. The SMILES string of the molecule is CCCCOCCOc1cc(Cl)ccc1CC(=O)c1c[nH]c2cc(OC)c(OC(F)(F)F)cc12. The molecular weight excluding hydrogens is 475 g/mol. The van der Waals surface area contributed by atoms with Gasteiger partial charge in [0.15, 0.2) is 17.3 Å². The quantitative estimate of drug-likeness (QED) is 0.232. The lowest BCUT2D eigenvalue weighted by Gasteiger charge is -2.13. The summed E-state index contributed by atoms with van der Waals surface area (Å²) in [7, 11) is 1.23. The molecule has 34 heavy (non-hydrogen) atoms. The molecular formula is C24H25ClF3NO5. The molecule has 0 radical (unpaired) electrons. The van der Waals surface area contributed by atoms with Crippen LogP contribution in [0, 0.1) is 0 Å². The lowest BCUT2D eigenvalue weighted by molar-refractivity contribution is -0.275. The van der Waals surface area contributed by atoms with E-state index in [1.54, 1.807) is 18.2 Å². The van der Waals surface area contributed by atoms with Crippen molar-refractivity contribution in [3.8, 4) is 17.2 Å². The first-order chi connectivity index (χ1) is 16.2. The number of fused-ring (bicyclic) bond motifs is 1. The van der Waals surface area contributed by atoms with Crippen molar-refractivity contribution in [1.82, 2.24) is 4.98 Å². The summed E-state index contributed by atoms with van der Waals surface area (Å²) < 4.78 is 58.8. The summed E-state index contributed by atoms with van der Waals surface area (Å²) in [6.07, 6.45) is -1.51. The number of aromatic amines is 1. The van der Waals surface area contributed by atoms with Gasteiger partial charge in [-0.1, -0.05) is 31.0 Å². The molecule has 0 aliphatic carbocycles. The van der Waals surface area contributed by atoms with Crippen molar-refractivity contribution >= 4 is 28.3 Å². The van der Waals surface area contributed by atoms with E-state index in [0.29, 0.717) is 35.1 Å². The molecule has 0 aliphatic rings. The van der Waals surface area contributed by atoms with Gasteiger partial charge in [-0.2, -0.15) is 0 Å². The standard InChI is InChI=1S/C24H25ClF3NO5/c1-3-4-7-32-8-9-33-21-11-16(25)6-5-15(21)10-20(30)18-14-29-19-13-22(31-2)23(12-17(18)19)34-24(26,27)28/h5-6,11-14,29H,3-4,7-10H2,1-2H3. The van der Waals surface area contributed by atoms with Crippen molar-refractivity contribution in [2.45, 2.75) is 32.5 Å². The number of rotatable bonds is 12. The Kier molecular flexibility index (Phi) is 8.68. The summed E-state index contributed by atoms with van der Waals surface area (Å²) in [5, 5.41) is 0.733. The first-order valence-corrected chi connectivity index (χ1v) is 11.1. The maximum Gasteiger partial charge on any atom is 0.573 e. The second kappa shape index (κ2) is 11.5. The molecule has 0 fully saturated rings. The van der Waals surface area contributed by atoms with Crippen molar-refractivity contribution in [3.63, 3.8) is 0 Å². The number of Topliss-reactive ketones (excluding diaryl/α,β-unsaturated/α-hetero) is 1. The molecule has 10 heteroatoms. The zero-order valence-corrected chi connectivity index (χ0v) is 19.5. The molecule has 0 bridgehead atoms. The molecule has 184 valence electrons. The van der Waals surface area contributed by atoms with Crippen molar-refractivity contribution < 1.29 is 36.9 Å². The number of hydrogen-bond acceptors (Lipinski definition) is 5. The topological polar surface area (TPSA) is 69.8 Å². The highest BCUT2D eigenvalue weighted by atomic mass is 35.5. The van der Waals surface area contributed by atoms with E-state index >= 15 is 0 Å². The fraction of sp³-hybridized carbons (Fsp3) is 0.375. The van der Waals surface area contributed by atoms with Crippen LogP contribution in [0.1, 0.15) is 35.7 Å². The average Bonchev–Trinajstić information content (AvgIpc) is 3.19. The lowest BCUT2D eigenvalue weighted by Crippen LogP contribution is -2.17. The first-order valence-electron chi connectivity index (χ1n) is 10.7. The molecule has 0 unspecified atom stereocenters. The molecule has 2 aromatic carbocycles. The Morgan fingerprint density at radius 2 is 1.85 bits per heavy atom. The number of H-pyrrole nitrogens is 1. The van der Waals surface area contributed by atoms with Crippen LogP contribution in [0.25, 0.3) is 10.9 Å². The van der Waals surface area contributed by atoms with Crippen LogP contribution in [-0.2, 0) is 11.2 Å². The van der Waals surface area contributed by atoms with Crippen molar-refractivity contribution in [3.05, 3.63) is 52.7 Å². The highest BCUT2D eigenvalue weighted by Gasteiger charge is 2.33. The smallest absolute Gasteiger partial charge is 0.493 e. The van der Waals surface area contributed by atoms with Crippen molar-refractivity contribution in [1.29, 1.82) is 0 Å². The van der Waals surface area contributed by atoms with E-state index < -0.39 is 12.1 Å². The fourth-order valence-corrected chi connectivity index (χ4v) is 3.52. The number of unbranched alkanes of at least 4 members (excludes halogenated alkanes) is 1. The normalized spacial score (nSPS) is 11.6. The molecule has 0 aliphatic heterocycles. The van der Waals surface area contributed by atoms with Crippen LogP contribution < -0.4 is 14.2 Å². The van der Waals surface area contributed by atoms with Gasteiger partial charge in [-0.05, 0) is 24.6 Å². The van der Waals surface area contributed by atoms with E-state index in [2.05, 4.69) is 16.6 Å². The van der Waals surface area contributed by atoms with Crippen LogP contribution in [-0.4, -0.2) is 44.1 Å². The molecule has 3 aromatic rings. The summed E-state index contributed by atoms with van der Waals surface area (Å²) in [5.41, 5.74) is 1.25. The number of carbonyl (C=O) groups is 1. The Morgan fingerprint density at radius 1 is 1.06 bits per heavy atom. The number of halogens is 4. The number of benzene rings is 2. The molecule has 1 aromatic heterocycles. The Hall–Kier alpha value is -2.91. The molecule has 3 rings (SSSR count). The van der Waals surface area contributed by atoms with Crippen molar-refractivity contribution in [2.75, 3.05) is 26.9 Å². The van der Waals surface area contributed by atoms with E-state index in [1.165, 1.54) is 19.4 Å². The van der Waals surface area contributed by atoms with Crippen LogP contribution in [0.4, 0.5) is 13.2 Å². The van der Waals surface area contributed by atoms with Gasteiger partial charge in [0.1, 0.15) is 12.4 Å². The number of carbonyl (C=O) groups excluding carboxylic acids is 1. The van der Waals surface area contributed by atoms with E-state index in [9.17, 15) is 18.0 Å². The monoisotopic (exact) mass is 499 g/mol. The summed E-state index contributed by atoms with van der Waals surface area (Å²) in [5.74, 6) is -0.516. The average molecular weight is 500 g/mol. The summed E-state index contributed by atoms with van der Waals surface area (Å²) >= 11 is 6.09. The number of ketones is 1. The predicted octanol–water partition coefficient (Wildman–Crippen LogP) is 6.35. The second-order valence-corrected chi connectivity index (χ2v) is 7.90. The van der Waals surface area contributed by atoms with Gasteiger partial charge in [-0.3, -0.25) is 4.79 Å². The Labute approximate surface area is 199 Å². The number of methoxy groups -OCH3 is 1. The van der Waals surface area contributed by atoms with Gasteiger partial charge in [-0.25, -0.2) is 0 Å². The molecule has 0 spiro atoms. The summed E-state index contributed by atoms with van der Waals surface area (Å²) in [6, 6.07) is 7.43. The zero-order valence-electron chi connectivity index (χ0n) is 18.8. The third kappa shape index (κ3) is 6.80. The Morgan fingerprint density at radius 3 is 2.56 bits per heavy atom. The highest BCUT2D eigenvalue weighted by molar-refractivity contribution is 6.30. The largest absolute Gasteiger partial charge is 0.573 e. The Bertz CT molecular complexity index is 1130. The maximum absolute atomic E-state index is 13.1. The van der Waals surface area contributed by atoms with E-state index in [4.69, 9.17) is 25.8 Å². The van der Waals surface area contributed by atoms with Gasteiger partial charge in [0.2, 0.25) is 0 Å². The molecule has 6 nitrogen and oxygen atoms in total. The summed E-state index contributed by atoms with van der Waals surface area (Å²) in [4.78, 5) is 16.0. The first kappa shape index (κ1) is 25.7. The van der Waals surface area contributed by atoms with Crippen LogP contribution in [0.2, 0.25) is 5.02 Å². The van der Waals surface area contributed by atoms with Crippen LogP contribution >= 0.6 is 11.6 Å². The molecule has 0 atom stereocenters. The predicted molar refractivity (Wildman–Crippen MR) is 122 cm³/mol. The Balaban J connectivity index is 1.80. The molecule has 0 saturated carbocycles. The molecule has 1 heterocycles.